The maximum Gasteiger partial charge on any atom is 0.337 e. The van der Waals surface area contributed by atoms with Gasteiger partial charge in [-0.25, -0.2) is 17.6 Å². The SMILES string of the molecule is CCN(Cc1cc(C(C)(C)F)c2cn(-c3cccc([C@H](c4nncn4C)C4CCC4)c3)c(=O)n2c1)S(C)(=O)=O. The number of nitrogens with zero attached hydrogens (tertiary/aromatic N) is 6. The van der Waals surface area contributed by atoms with E-state index < -0.39 is 15.7 Å². The normalized spacial score (nSPS) is 15.7. The Morgan fingerprint density at radius 1 is 1.21 bits per heavy atom. The van der Waals surface area contributed by atoms with Crippen molar-refractivity contribution >= 4 is 15.5 Å². The van der Waals surface area contributed by atoms with Crippen molar-refractivity contribution in [3.63, 3.8) is 0 Å². The summed E-state index contributed by atoms with van der Waals surface area (Å²) in [6, 6.07) is 9.51. The molecule has 208 valence electrons. The van der Waals surface area contributed by atoms with Crippen LogP contribution in [-0.4, -0.2) is 49.3 Å². The predicted octanol–water partition coefficient (Wildman–Crippen LogP) is 4.14. The van der Waals surface area contributed by atoms with Crippen LogP contribution in [-0.2, 0) is 29.3 Å². The van der Waals surface area contributed by atoms with Gasteiger partial charge in [-0.2, -0.15) is 4.31 Å². The monoisotopic (exact) mass is 554 g/mol. The summed E-state index contributed by atoms with van der Waals surface area (Å²) in [5.41, 5.74) is 0.907. The standard InChI is InChI=1S/C28H35FN6O3S/c1-6-33(39(5,37)38)15-19-13-23(28(2,3)29)24-17-34(27(36)35(24)16-19)22-12-8-11-21(14-22)25(20-9-7-10-20)26-31-30-18-32(26)4/h8,11-14,16-18,20,25H,6-7,9-10,15H2,1-5H3/t25-/m1/s1. The molecule has 1 aliphatic carbocycles. The molecule has 1 aromatic carbocycles. The molecule has 1 aliphatic rings. The Balaban J connectivity index is 1.63. The fourth-order valence-corrected chi connectivity index (χ4v) is 6.36. The molecule has 1 saturated carbocycles. The first-order valence-corrected chi connectivity index (χ1v) is 15.1. The lowest BCUT2D eigenvalue weighted by Crippen LogP contribution is -2.30. The second-order valence-electron chi connectivity index (χ2n) is 11.0. The molecular formula is C28H35FN6O3S. The first kappa shape index (κ1) is 27.3. The maximum absolute atomic E-state index is 15.5. The van der Waals surface area contributed by atoms with Gasteiger partial charge in [0.1, 0.15) is 17.8 Å². The van der Waals surface area contributed by atoms with Gasteiger partial charge in [0.15, 0.2) is 0 Å². The summed E-state index contributed by atoms with van der Waals surface area (Å²) in [6.45, 7) is 4.93. The topological polar surface area (TPSA) is 94.5 Å². The van der Waals surface area contributed by atoms with Gasteiger partial charge in [-0.1, -0.05) is 25.5 Å². The summed E-state index contributed by atoms with van der Waals surface area (Å²) in [4.78, 5) is 13.7. The van der Waals surface area contributed by atoms with E-state index in [-0.39, 0.29) is 24.7 Å². The van der Waals surface area contributed by atoms with Crippen LogP contribution in [0.2, 0.25) is 0 Å². The largest absolute Gasteiger partial charge is 0.337 e. The van der Waals surface area contributed by atoms with E-state index in [1.807, 2.05) is 29.8 Å². The molecule has 3 aromatic heterocycles. The molecular weight excluding hydrogens is 519 g/mol. The number of hydrogen-bond acceptors (Lipinski definition) is 5. The molecule has 9 nitrogen and oxygen atoms in total. The Morgan fingerprint density at radius 2 is 1.95 bits per heavy atom. The van der Waals surface area contributed by atoms with Gasteiger partial charge in [0.2, 0.25) is 10.0 Å². The molecule has 1 atom stereocenters. The Bertz CT molecular complexity index is 1680. The van der Waals surface area contributed by atoms with Gasteiger partial charge in [0.25, 0.3) is 0 Å². The molecule has 0 N–H and O–H groups in total. The molecule has 1 fully saturated rings. The third-order valence-corrected chi connectivity index (χ3v) is 9.12. The Hall–Kier alpha value is -3.31. The highest BCUT2D eigenvalue weighted by Gasteiger charge is 2.33. The second kappa shape index (κ2) is 10.0. The van der Waals surface area contributed by atoms with Crippen LogP contribution in [0.5, 0.6) is 0 Å². The van der Waals surface area contributed by atoms with E-state index in [2.05, 4.69) is 16.3 Å². The zero-order valence-corrected chi connectivity index (χ0v) is 23.8. The van der Waals surface area contributed by atoms with Gasteiger partial charge in [0.05, 0.1) is 17.5 Å². The van der Waals surface area contributed by atoms with Crippen LogP contribution >= 0.6 is 0 Å². The average Bonchev–Trinajstić information content (AvgIpc) is 3.40. The van der Waals surface area contributed by atoms with Gasteiger partial charge in [0, 0.05) is 44.0 Å². The predicted molar refractivity (Wildman–Crippen MR) is 148 cm³/mol. The number of sulfonamides is 1. The molecule has 39 heavy (non-hydrogen) atoms. The minimum atomic E-state index is -3.47. The Kier molecular flexibility index (Phi) is 7.00. The Morgan fingerprint density at radius 3 is 2.51 bits per heavy atom. The van der Waals surface area contributed by atoms with Gasteiger partial charge in [-0.15, -0.1) is 10.2 Å². The third kappa shape index (κ3) is 5.17. The van der Waals surface area contributed by atoms with Crippen molar-refractivity contribution in [1.82, 2.24) is 28.0 Å². The number of fused-ring (bicyclic) bond motifs is 1. The summed E-state index contributed by atoms with van der Waals surface area (Å²) in [5.74, 6) is 1.40. The molecule has 0 radical (unpaired) electrons. The van der Waals surface area contributed by atoms with Crippen molar-refractivity contribution in [3.8, 4) is 5.69 Å². The van der Waals surface area contributed by atoms with E-state index in [4.69, 9.17) is 0 Å². The molecule has 3 heterocycles. The molecule has 0 amide bonds. The van der Waals surface area contributed by atoms with Crippen LogP contribution in [0.4, 0.5) is 4.39 Å². The smallest absolute Gasteiger partial charge is 0.320 e. The lowest BCUT2D eigenvalue weighted by molar-refractivity contribution is 0.223. The zero-order valence-electron chi connectivity index (χ0n) is 23.0. The van der Waals surface area contributed by atoms with Crippen molar-refractivity contribution in [2.75, 3.05) is 12.8 Å². The number of aromatic nitrogens is 5. The Labute approximate surface area is 228 Å². The van der Waals surface area contributed by atoms with E-state index in [0.29, 0.717) is 28.2 Å². The number of imidazole rings is 1. The van der Waals surface area contributed by atoms with Crippen molar-refractivity contribution in [2.45, 2.75) is 58.2 Å². The highest BCUT2D eigenvalue weighted by Crippen LogP contribution is 2.42. The zero-order chi connectivity index (χ0) is 28.1. The van der Waals surface area contributed by atoms with E-state index in [1.54, 1.807) is 31.7 Å². The highest BCUT2D eigenvalue weighted by molar-refractivity contribution is 7.88. The van der Waals surface area contributed by atoms with E-state index in [9.17, 15) is 13.2 Å². The van der Waals surface area contributed by atoms with E-state index in [1.165, 1.54) is 33.5 Å². The first-order valence-electron chi connectivity index (χ1n) is 13.2. The minimum Gasteiger partial charge on any atom is -0.320 e. The first-order chi connectivity index (χ1) is 18.4. The molecule has 11 heteroatoms. The van der Waals surface area contributed by atoms with Gasteiger partial charge in [-0.05, 0) is 61.9 Å². The number of benzene rings is 1. The third-order valence-electron chi connectivity index (χ3n) is 7.80. The molecule has 5 rings (SSSR count). The fraction of sp³-hybridized carbons (Fsp3) is 0.464. The highest BCUT2D eigenvalue weighted by atomic mass is 32.2. The van der Waals surface area contributed by atoms with Crippen LogP contribution in [0, 0.1) is 5.92 Å². The maximum atomic E-state index is 15.5. The molecule has 0 saturated heterocycles. The lowest BCUT2D eigenvalue weighted by Gasteiger charge is -2.33. The number of rotatable bonds is 9. The summed E-state index contributed by atoms with van der Waals surface area (Å²) in [6.07, 6.45) is 9.52. The molecule has 0 bridgehead atoms. The van der Waals surface area contributed by atoms with Crippen LogP contribution in [0.25, 0.3) is 11.2 Å². The number of hydrogen-bond donors (Lipinski definition) is 0. The minimum absolute atomic E-state index is 0.0439. The molecule has 0 unspecified atom stereocenters. The fourth-order valence-electron chi connectivity index (χ4n) is 5.51. The van der Waals surface area contributed by atoms with Crippen molar-refractivity contribution in [1.29, 1.82) is 0 Å². The van der Waals surface area contributed by atoms with Crippen LogP contribution in [0.1, 0.15) is 68.5 Å². The quantitative estimate of drug-likeness (QED) is 0.310. The molecule has 0 aliphatic heterocycles. The number of pyridine rings is 1. The summed E-state index contributed by atoms with van der Waals surface area (Å²) in [7, 11) is -1.52. The van der Waals surface area contributed by atoms with Crippen LogP contribution in [0.3, 0.4) is 0 Å². The second-order valence-corrected chi connectivity index (χ2v) is 13.0. The molecule has 4 aromatic rings. The van der Waals surface area contributed by atoms with E-state index >= 15 is 4.39 Å². The summed E-state index contributed by atoms with van der Waals surface area (Å²) in [5, 5.41) is 8.49. The summed E-state index contributed by atoms with van der Waals surface area (Å²) >= 11 is 0. The molecule has 0 spiro atoms. The average molecular weight is 555 g/mol. The van der Waals surface area contributed by atoms with E-state index in [0.717, 1.165) is 30.5 Å². The lowest BCUT2D eigenvalue weighted by atomic mass is 9.72. The van der Waals surface area contributed by atoms with Gasteiger partial charge >= 0.3 is 5.69 Å². The number of aryl methyl sites for hydroxylation is 1. The number of halogens is 1. The number of alkyl halides is 1. The van der Waals surface area contributed by atoms with Crippen molar-refractivity contribution in [3.05, 3.63) is 82.1 Å². The van der Waals surface area contributed by atoms with Crippen LogP contribution < -0.4 is 5.69 Å². The van der Waals surface area contributed by atoms with Crippen molar-refractivity contribution in [2.24, 2.45) is 13.0 Å². The van der Waals surface area contributed by atoms with Crippen molar-refractivity contribution < 1.29 is 12.8 Å². The van der Waals surface area contributed by atoms with Gasteiger partial charge in [-0.3, -0.25) is 8.97 Å². The van der Waals surface area contributed by atoms with Gasteiger partial charge < -0.3 is 4.57 Å². The summed E-state index contributed by atoms with van der Waals surface area (Å²) < 4.78 is 46.0. The van der Waals surface area contributed by atoms with Crippen LogP contribution in [0.15, 0.2) is 53.8 Å².